The first-order chi connectivity index (χ1) is 6.18. The van der Waals surface area contributed by atoms with Crippen molar-refractivity contribution in [2.24, 2.45) is 5.41 Å². The highest BCUT2D eigenvalue weighted by molar-refractivity contribution is 9.10. The molecule has 72 valence electrons. The topological polar surface area (TPSA) is 17.8 Å². The van der Waals surface area contributed by atoms with Gasteiger partial charge in [-0.2, -0.15) is 5.10 Å². The van der Waals surface area contributed by atoms with Crippen LogP contribution < -0.4 is 0 Å². The maximum atomic E-state index is 4.29. The quantitative estimate of drug-likeness (QED) is 0.779. The van der Waals surface area contributed by atoms with Crippen LogP contribution in [0.1, 0.15) is 32.6 Å². The lowest BCUT2D eigenvalue weighted by Gasteiger charge is -2.22. The Morgan fingerprint density at radius 1 is 1.54 bits per heavy atom. The summed E-state index contributed by atoms with van der Waals surface area (Å²) in [4.78, 5) is 0. The van der Waals surface area contributed by atoms with Gasteiger partial charge in [0.05, 0.1) is 10.7 Å². The molecular weight excluding hydrogens is 228 g/mol. The van der Waals surface area contributed by atoms with Gasteiger partial charge in [-0.3, -0.25) is 4.68 Å². The summed E-state index contributed by atoms with van der Waals surface area (Å²) < 4.78 is 3.13. The zero-order valence-corrected chi connectivity index (χ0v) is 9.55. The largest absolute Gasteiger partial charge is 0.271 e. The maximum absolute atomic E-state index is 4.29. The molecule has 0 atom stereocenters. The third-order valence-corrected chi connectivity index (χ3v) is 3.37. The van der Waals surface area contributed by atoms with Crippen molar-refractivity contribution in [3.05, 3.63) is 16.9 Å². The molecule has 1 fully saturated rings. The Kier molecular flexibility index (Phi) is 2.45. The smallest absolute Gasteiger partial charge is 0.0632 e. The van der Waals surface area contributed by atoms with Gasteiger partial charge in [0, 0.05) is 12.7 Å². The molecule has 0 spiro atoms. The first-order valence-electron chi connectivity index (χ1n) is 4.86. The van der Waals surface area contributed by atoms with Crippen LogP contribution in [0, 0.1) is 5.41 Å². The van der Waals surface area contributed by atoms with E-state index in [0.29, 0.717) is 5.41 Å². The van der Waals surface area contributed by atoms with Gasteiger partial charge in [-0.1, -0.05) is 19.8 Å². The molecule has 1 heterocycles. The van der Waals surface area contributed by atoms with Crippen LogP contribution in [0.4, 0.5) is 0 Å². The zero-order valence-electron chi connectivity index (χ0n) is 7.96. The van der Waals surface area contributed by atoms with Gasteiger partial charge < -0.3 is 0 Å². The summed E-state index contributed by atoms with van der Waals surface area (Å²) in [5.41, 5.74) is 0.492. The Balaban J connectivity index is 2.04. The minimum atomic E-state index is 0.492. The molecule has 1 aromatic rings. The molecule has 0 bridgehead atoms. The molecule has 3 heteroatoms. The molecule has 0 aliphatic heterocycles. The minimum Gasteiger partial charge on any atom is -0.271 e. The van der Waals surface area contributed by atoms with Crippen molar-refractivity contribution >= 4 is 15.9 Å². The molecule has 1 aliphatic carbocycles. The molecule has 1 saturated carbocycles. The third-order valence-electron chi connectivity index (χ3n) is 2.96. The van der Waals surface area contributed by atoms with Crippen molar-refractivity contribution in [1.82, 2.24) is 9.78 Å². The number of halogens is 1. The molecule has 0 radical (unpaired) electrons. The van der Waals surface area contributed by atoms with Crippen LogP contribution in [0.3, 0.4) is 0 Å². The fourth-order valence-electron chi connectivity index (χ4n) is 2.20. The Morgan fingerprint density at radius 2 is 2.23 bits per heavy atom. The van der Waals surface area contributed by atoms with E-state index in [1.54, 1.807) is 0 Å². The number of rotatable bonds is 2. The van der Waals surface area contributed by atoms with E-state index in [0.717, 1.165) is 11.0 Å². The summed E-state index contributed by atoms with van der Waals surface area (Å²) in [6.45, 7) is 3.44. The molecule has 2 nitrogen and oxygen atoms in total. The van der Waals surface area contributed by atoms with Crippen LogP contribution in [0.2, 0.25) is 0 Å². The van der Waals surface area contributed by atoms with Gasteiger partial charge in [0.15, 0.2) is 0 Å². The van der Waals surface area contributed by atoms with Crippen molar-refractivity contribution in [3.8, 4) is 0 Å². The van der Waals surface area contributed by atoms with Crippen molar-refractivity contribution in [1.29, 1.82) is 0 Å². The van der Waals surface area contributed by atoms with Gasteiger partial charge in [0.25, 0.3) is 0 Å². The summed E-state index contributed by atoms with van der Waals surface area (Å²) in [5, 5.41) is 4.29. The summed E-state index contributed by atoms with van der Waals surface area (Å²) >= 11 is 3.42. The van der Waals surface area contributed by atoms with Crippen molar-refractivity contribution in [2.75, 3.05) is 0 Å². The van der Waals surface area contributed by atoms with Gasteiger partial charge in [0.2, 0.25) is 0 Å². The van der Waals surface area contributed by atoms with E-state index in [4.69, 9.17) is 0 Å². The second-order valence-corrected chi connectivity index (χ2v) is 5.29. The fraction of sp³-hybridized carbons (Fsp3) is 0.700. The Morgan fingerprint density at radius 3 is 2.77 bits per heavy atom. The SMILES string of the molecule is CC1(Cn2cc(Br)cn2)CCCC1. The summed E-state index contributed by atoms with van der Waals surface area (Å²) in [6.07, 6.45) is 9.40. The van der Waals surface area contributed by atoms with Gasteiger partial charge in [-0.15, -0.1) is 0 Å². The molecule has 0 N–H and O–H groups in total. The van der Waals surface area contributed by atoms with Crippen LogP contribution in [0.15, 0.2) is 16.9 Å². The molecule has 1 aromatic heterocycles. The van der Waals surface area contributed by atoms with E-state index in [2.05, 4.69) is 38.8 Å². The average molecular weight is 243 g/mol. The Bertz CT molecular complexity index is 287. The normalized spacial score (nSPS) is 20.8. The number of hydrogen-bond acceptors (Lipinski definition) is 1. The highest BCUT2D eigenvalue weighted by atomic mass is 79.9. The maximum Gasteiger partial charge on any atom is 0.0632 e. The van der Waals surface area contributed by atoms with Gasteiger partial charge in [-0.05, 0) is 34.2 Å². The third kappa shape index (κ3) is 2.13. The van der Waals surface area contributed by atoms with Crippen molar-refractivity contribution in [2.45, 2.75) is 39.2 Å². The van der Waals surface area contributed by atoms with Crippen LogP contribution in [-0.2, 0) is 6.54 Å². The van der Waals surface area contributed by atoms with Gasteiger partial charge >= 0.3 is 0 Å². The average Bonchev–Trinajstić information content (AvgIpc) is 2.62. The lowest BCUT2D eigenvalue weighted by molar-refractivity contribution is 0.268. The van der Waals surface area contributed by atoms with Gasteiger partial charge in [-0.25, -0.2) is 0 Å². The first-order valence-corrected chi connectivity index (χ1v) is 5.65. The van der Waals surface area contributed by atoms with E-state index < -0.39 is 0 Å². The minimum absolute atomic E-state index is 0.492. The molecule has 0 aromatic carbocycles. The van der Waals surface area contributed by atoms with Crippen LogP contribution in [0.5, 0.6) is 0 Å². The predicted molar refractivity (Wildman–Crippen MR) is 56.5 cm³/mol. The van der Waals surface area contributed by atoms with E-state index in [1.165, 1.54) is 25.7 Å². The highest BCUT2D eigenvalue weighted by Crippen LogP contribution is 2.38. The molecule has 1 aliphatic rings. The standard InChI is InChI=1S/C10H15BrN2/c1-10(4-2-3-5-10)8-13-7-9(11)6-12-13/h6-7H,2-5,8H2,1H3. The molecular formula is C10H15BrN2. The lowest BCUT2D eigenvalue weighted by atomic mass is 9.89. The summed E-state index contributed by atoms with van der Waals surface area (Å²) in [6, 6.07) is 0. The second kappa shape index (κ2) is 3.45. The number of nitrogens with zero attached hydrogens (tertiary/aromatic N) is 2. The van der Waals surface area contributed by atoms with Crippen molar-refractivity contribution < 1.29 is 0 Å². The van der Waals surface area contributed by atoms with Crippen molar-refractivity contribution in [3.63, 3.8) is 0 Å². The Labute approximate surface area is 87.5 Å². The number of aromatic nitrogens is 2. The molecule has 0 unspecified atom stereocenters. The monoisotopic (exact) mass is 242 g/mol. The molecule has 13 heavy (non-hydrogen) atoms. The van der Waals surface area contributed by atoms with E-state index in [9.17, 15) is 0 Å². The predicted octanol–water partition coefficient (Wildman–Crippen LogP) is 3.23. The zero-order chi connectivity index (χ0) is 9.31. The molecule has 0 amide bonds. The lowest BCUT2D eigenvalue weighted by Crippen LogP contribution is -2.19. The van der Waals surface area contributed by atoms with Crippen LogP contribution in [-0.4, -0.2) is 9.78 Å². The highest BCUT2D eigenvalue weighted by Gasteiger charge is 2.29. The van der Waals surface area contributed by atoms with E-state index in [1.807, 2.05) is 6.20 Å². The fourth-order valence-corrected chi connectivity index (χ4v) is 2.53. The molecule has 2 rings (SSSR count). The first kappa shape index (κ1) is 9.25. The van der Waals surface area contributed by atoms with E-state index in [-0.39, 0.29) is 0 Å². The van der Waals surface area contributed by atoms with Crippen LogP contribution in [0.25, 0.3) is 0 Å². The summed E-state index contributed by atoms with van der Waals surface area (Å²) in [7, 11) is 0. The van der Waals surface area contributed by atoms with Crippen LogP contribution >= 0.6 is 15.9 Å². The molecule has 0 saturated heterocycles. The summed E-state index contributed by atoms with van der Waals surface area (Å²) in [5.74, 6) is 0. The second-order valence-electron chi connectivity index (χ2n) is 4.37. The number of hydrogen-bond donors (Lipinski definition) is 0. The Hall–Kier alpha value is -0.310. The van der Waals surface area contributed by atoms with E-state index >= 15 is 0 Å². The van der Waals surface area contributed by atoms with Gasteiger partial charge in [0.1, 0.15) is 0 Å².